The molecule has 0 aliphatic carbocycles. The van der Waals surface area contributed by atoms with Gasteiger partial charge in [-0.15, -0.1) is 0 Å². The summed E-state index contributed by atoms with van der Waals surface area (Å²) in [5, 5.41) is 24.6. The van der Waals surface area contributed by atoms with Crippen LogP contribution in [0.25, 0.3) is 16.8 Å². The fourth-order valence-corrected chi connectivity index (χ4v) is 7.47. The lowest BCUT2D eigenvalue weighted by Crippen LogP contribution is -2.67. The molecule has 228 valence electrons. The number of aromatic nitrogens is 3. The van der Waals surface area contributed by atoms with E-state index >= 15 is 4.39 Å². The summed E-state index contributed by atoms with van der Waals surface area (Å²) in [6.45, 7) is 5.55. The van der Waals surface area contributed by atoms with Crippen molar-refractivity contribution in [2.45, 2.75) is 32.3 Å². The summed E-state index contributed by atoms with van der Waals surface area (Å²) >= 11 is 1.24. The number of hydrogen-bond acceptors (Lipinski definition) is 8. The maximum atomic E-state index is 15.5. The molecule has 0 bridgehead atoms. The molecule has 3 aliphatic heterocycles. The van der Waals surface area contributed by atoms with Crippen molar-refractivity contribution < 1.29 is 18.7 Å². The molecule has 4 aromatic rings. The number of anilines is 3. The van der Waals surface area contributed by atoms with Gasteiger partial charge in [-0.2, -0.15) is 10.4 Å². The Kier molecular flexibility index (Phi) is 6.93. The average Bonchev–Trinajstić information content (AvgIpc) is 3.59. The van der Waals surface area contributed by atoms with Crippen molar-refractivity contribution in [1.82, 2.24) is 24.4 Å². The van der Waals surface area contributed by atoms with Crippen molar-refractivity contribution in [3.05, 3.63) is 58.7 Å². The molecule has 2 amide bonds. The number of benzene rings is 1. The molecule has 10 nitrogen and oxygen atoms in total. The number of nitrogens with zero attached hydrogens (tertiary/aromatic N) is 8. The van der Waals surface area contributed by atoms with Crippen LogP contribution in [0.15, 0.2) is 36.5 Å². The smallest absolute Gasteiger partial charge is 0.320 e. The number of amides is 2. The van der Waals surface area contributed by atoms with Gasteiger partial charge in [0.1, 0.15) is 22.5 Å². The van der Waals surface area contributed by atoms with E-state index in [4.69, 9.17) is 4.98 Å². The van der Waals surface area contributed by atoms with Gasteiger partial charge in [0.2, 0.25) is 0 Å². The lowest BCUT2D eigenvalue weighted by Gasteiger charge is -2.55. The summed E-state index contributed by atoms with van der Waals surface area (Å²) < 4.78 is 30.6. The zero-order valence-corrected chi connectivity index (χ0v) is 25.3. The van der Waals surface area contributed by atoms with Gasteiger partial charge in [-0.3, -0.25) is 0 Å². The van der Waals surface area contributed by atoms with Gasteiger partial charge in [-0.25, -0.2) is 23.1 Å². The van der Waals surface area contributed by atoms with Gasteiger partial charge in [0, 0.05) is 44.2 Å². The molecule has 0 unspecified atom stereocenters. The van der Waals surface area contributed by atoms with Crippen LogP contribution in [-0.2, 0) is 6.42 Å². The first-order valence-electron chi connectivity index (χ1n) is 14.8. The predicted molar refractivity (Wildman–Crippen MR) is 163 cm³/mol. The van der Waals surface area contributed by atoms with Gasteiger partial charge < -0.3 is 24.7 Å². The molecule has 3 saturated heterocycles. The van der Waals surface area contributed by atoms with Gasteiger partial charge >= 0.3 is 6.03 Å². The van der Waals surface area contributed by atoms with Crippen LogP contribution in [0.3, 0.4) is 0 Å². The minimum absolute atomic E-state index is 0.00383. The largest absolute Gasteiger partial charge is 0.389 e. The highest BCUT2D eigenvalue weighted by Crippen LogP contribution is 2.44. The van der Waals surface area contributed by atoms with E-state index in [0.29, 0.717) is 72.6 Å². The van der Waals surface area contributed by atoms with Crippen LogP contribution in [0.4, 0.5) is 30.1 Å². The number of urea groups is 1. The van der Waals surface area contributed by atoms with Crippen LogP contribution >= 0.6 is 11.3 Å². The van der Waals surface area contributed by atoms with Crippen molar-refractivity contribution in [2.24, 2.45) is 5.41 Å². The van der Waals surface area contributed by atoms with E-state index in [1.807, 2.05) is 29.8 Å². The average molecular weight is 619 g/mol. The number of β-amino-alcohol motifs (C(OH)–C–C–N with tert-alkyl or cyclic N) is 1. The maximum absolute atomic E-state index is 15.5. The third-order valence-electron chi connectivity index (χ3n) is 9.16. The fraction of sp³-hybridized carbons (Fsp3) is 0.419. The number of carbonyl (C=O) groups is 1. The zero-order chi connectivity index (χ0) is 30.7. The van der Waals surface area contributed by atoms with E-state index in [2.05, 4.69) is 16.1 Å². The van der Waals surface area contributed by atoms with E-state index in [0.717, 1.165) is 29.7 Å². The van der Waals surface area contributed by atoms with Crippen molar-refractivity contribution in [1.29, 1.82) is 5.26 Å². The number of aliphatic hydroxyl groups is 1. The predicted octanol–water partition coefficient (Wildman–Crippen LogP) is 4.64. The molecule has 7 rings (SSSR count). The number of likely N-dealkylation sites (tertiary alicyclic amines) is 2. The molecule has 0 radical (unpaired) electrons. The Morgan fingerprint density at radius 3 is 2.52 bits per heavy atom. The lowest BCUT2D eigenvalue weighted by atomic mass is 9.72. The summed E-state index contributed by atoms with van der Waals surface area (Å²) in [5.74, 6) is -0.715. The molecule has 0 atom stereocenters. The number of pyridine rings is 1. The van der Waals surface area contributed by atoms with Gasteiger partial charge in [0.05, 0.1) is 48.0 Å². The van der Waals surface area contributed by atoms with E-state index in [9.17, 15) is 19.6 Å². The molecule has 13 heteroatoms. The molecule has 3 aromatic heterocycles. The summed E-state index contributed by atoms with van der Waals surface area (Å²) in [6, 6.07) is 9.96. The minimum atomic E-state index is -0.412. The van der Waals surface area contributed by atoms with Crippen LogP contribution in [0.1, 0.15) is 30.3 Å². The van der Waals surface area contributed by atoms with E-state index in [1.165, 1.54) is 29.7 Å². The monoisotopic (exact) mass is 618 g/mol. The molecule has 44 heavy (non-hydrogen) atoms. The standard InChI is InChI=1S/C31H32F2N8O2S/c1-3-23-28(37(2)29-35-27(26(13-34)44-29)19-4-6-20(32)7-5-19)25-12-24(22(33)16-41(25)36-23)38-10-8-31(9-11-38)17-40(18-31)30(43)39-14-21(42)15-39/h4-7,12,16,21,42H,3,8-11,14-15,17-18H2,1-2H3. The SMILES string of the molecule is CCc1nn2cc(F)c(N3CCC4(CC3)CN(C(=O)N3CC(O)C3)C4)cc2c1N(C)c1nc(-c2ccc(F)cc2)c(C#N)s1. The number of carbonyl (C=O) groups excluding carboxylic acids is 1. The van der Waals surface area contributed by atoms with Crippen molar-refractivity contribution in [3.8, 4) is 17.3 Å². The first-order chi connectivity index (χ1) is 21.2. The molecular formula is C31H32F2N8O2S. The highest BCUT2D eigenvalue weighted by Gasteiger charge is 2.49. The number of fused-ring (bicyclic) bond motifs is 1. The topological polar surface area (TPSA) is 104 Å². The number of piperidine rings is 1. The van der Waals surface area contributed by atoms with Gasteiger partial charge in [0.15, 0.2) is 10.9 Å². The van der Waals surface area contributed by atoms with Gasteiger partial charge in [0.25, 0.3) is 0 Å². The Balaban J connectivity index is 1.13. The van der Waals surface area contributed by atoms with Crippen LogP contribution in [-0.4, -0.2) is 88.0 Å². The minimum Gasteiger partial charge on any atom is -0.389 e. The third kappa shape index (κ3) is 4.73. The molecule has 3 aliphatic rings. The van der Waals surface area contributed by atoms with Crippen LogP contribution in [0, 0.1) is 28.4 Å². The Morgan fingerprint density at radius 1 is 1.18 bits per heavy atom. The third-order valence-corrected chi connectivity index (χ3v) is 10.2. The molecule has 1 N–H and O–H groups in total. The normalized spacial score (nSPS) is 18.0. The van der Waals surface area contributed by atoms with Crippen molar-refractivity contribution in [3.63, 3.8) is 0 Å². The van der Waals surface area contributed by atoms with E-state index in [-0.39, 0.29) is 23.1 Å². The highest BCUT2D eigenvalue weighted by molar-refractivity contribution is 7.16. The Hall–Kier alpha value is -4.28. The fourth-order valence-electron chi connectivity index (χ4n) is 6.61. The second-order valence-electron chi connectivity index (χ2n) is 12.0. The summed E-state index contributed by atoms with van der Waals surface area (Å²) in [6.07, 6.45) is 3.34. The van der Waals surface area contributed by atoms with E-state index in [1.54, 1.807) is 21.5 Å². The second-order valence-corrected chi connectivity index (χ2v) is 13.0. The Bertz CT molecular complexity index is 1780. The lowest BCUT2D eigenvalue weighted by molar-refractivity contribution is -0.0311. The van der Waals surface area contributed by atoms with E-state index < -0.39 is 6.10 Å². The summed E-state index contributed by atoms with van der Waals surface area (Å²) in [4.78, 5) is 25.3. The van der Waals surface area contributed by atoms with Crippen LogP contribution < -0.4 is 9.80 Å². The first kappa shape index (κ1) is 28.5. The second kappa shape index (κ2) is 10.7. The van der Waals surface area contributed by atoms with Crippen molar-refractivity contribution in [2.75, 3.05) is 56.1 Å². The molecule has 1 aromatic carbocycles. The first-order valence-corrected chi connectivity index (χ1v) is 15.6. The Morgan fingerprint density at radius 2 is 1.89 bits per heavy atom. The van der Waals surface area contributed by atoms with Crippen LogP contribution in [0.5, 0.6) is 0 Å². The summed E-state index contributed by atoms with van der Waals surface area (Å²) in [7, 11) is 1.86. The number of thiazole rings is 1. The number of aliphatic hydroxyl groups excluding tert-OH is 1. The van der Waals surface area contributed by atoms with Gasteiger partial charge in [-0.05, 0) is 49.6 Å². The number of nitriles is 1. The zero-order valence-electron chi connectivity index (χ0n) is 24.5. The van der Waals surface area contributed by atoms with Crippen molar-refractivity contribution >= 4 is 39.4 Å². The molecule has 6 heterocycles. The molecule has 1 spiro atoms. The van der Waals surface area contributed by atoms with Gasteiger partial charge in [-0.1, -0.05) is 18.3 Å². The Labute approximate surface area is 257 Å². The number of rotatable bonds is 5. The highest BCUT2D eigenvalue weighted by atomic mass is 32.1. The summed E-state index contributed by atoms with van der Waals surface area (Å²) in [5.41, 5.74) is 3.99. The van der Waals surface area contributed by atoms with Crippen LogP contribution in [0.2, 0.25) is 0 Å². The molecule has 3 fully saturated rings. The number of halogens is 2. The maximum Gasteiger partial charge on any atom is 0.320 e. The quantitative estimate of drug-likeness (QED) is 0.348. The molecular weight excluding hydrogens is 586 g/mol. The number of hydrogen-bond donors (Lipinski definition) is 1. The number of aryl methyl sites for hydroxylation is 1. The molecule has 0 saturated carbocycles.